The number of rotatable bonds is 3. The molecule has 0 aliphatic rings. The average Bonchev–Trinajstić information content (AvgIpc) is 2.61. The van der Waals surface area contributed by atoms with Crippen molar-refractivity contribution in [2.75, 3.05) is 5.32 Å². The van der Waals surface area contributed by atoms with Crippen LogP contribution in [0.4, 0.5) is 15.9 Å². The summed E-state index contributed by atoms with van der Waals surface area (Å²) >= 11 is 0. The van der Waals surface area contributed by atoms with Gasteiger partial charge in [0.2, 0.25) is 0 Å². The molecule has 0 spiro atoms. The minimum Gasteiger partial charge on any atom is -0.340 e. The fraction of sp³-hybridized carbons (Fsp3) is 0.174. The minimum atomic E-state index is -1.37. The van der Waals surface area contributed by atoms with Gasteiger partial charge in [0.25, 0.3) is 0 Å². The van der Waals surface area contributed by atoms with E-state index in [0.29, 0.717) is 0 Å². The Hall–Kier alpha value is -2.90. The highest BCUT2D eigenvalue weighted by Crippen LogP contribution is 2.24. The molecule has 0 fully saturated rings. The normalized spacial score (nSPS) is 10.9. The molecule has 3 aromatic rings. The van der Waals surface area contributed by atoms with Crippen LogP contribution in [0.1, 0.15) is 11.1 Å². The summed E-state index contributed by atoms with van der Waals surface area (Å²) in [4.78, 5) is 4.66. The van der Waals surface area contributed by atoms with Crippen molar-refractivity contribution in [3.05, 3.63) is 77.6 Å². The average molecular weight is 375 g/mol. The molecule has 27 heavy (non-hydrogen) atoms. The first-order chi connectivity index (χ1) is 12.8. The fourth-order valence-electron chi connectivity index (χ4n) is 2.61. The lowest BCUT2D eigenvalue weighted by atomic mass is 10.1. The highest BCUT2D eigenvalue weighted by atomic mass is 28.3. The van der Waals surface area contributed by atoms with Crippen molar-refractivity contribution >= 4 is 19.6 Å². The highest BCUT2D eigenvalue weighted by molar-refractivity contribution is 6.83. The quantitative estimate of drug-likeness (QED) is 0.438. The van der Waals surface area contributed by atoms with Crippen LogP contribution in [0, 0.1) is 24.2 Å². The molecule has 2 aromatic carbocycles. The summed E-state index contributed by atoms with van der Waals surface area (Å²) in [5, 5.41) is 3.32. The van der Waals surface area contributed by atoms with Gasteiger partial charge >= 0.3 is 0 Å². The van der Waals surface area contributed by atoms with Gasteiger partial charge in [0.1, 0.15) is 19.7 Å². The second-order valence-corrected chi connectivity index (χ2v) is 12.3. The Morgan fingerprint density at radius 1 is 0.963 bits per heavy atom. The zero-order valence-electron chi connectivity index (χ0n) is 16.1. The summed E-state index contributed by atoms with van der Waals surface area (Å²) < 4.78 is 13.3. The molecule has 0 saturated carbocycles. The maximum atomic E-state index is 13.3. The number of hydrogen-bond acceptors (Lipinski definition) is 2. The van der Waals surface area contributed by atoms with Crippen LogP contribution in [0.3, 0.4) is 0 Å². The van der Waals surface area contributed by atoms with Crippen molar-refractivity contribution in [1.82, 2.24) is 4.98 Å². The van der Waals surface area contributed by atoms with Crippen LogP contribution in [0.5, 0.6) is 0 Å². The van der Waals surface area contributed by atoms with Crippen LogP contribution in [0.25, 0.3) is 11.3 Å². The molecule has 0 amide bonds. The summed E-state index contributed by atoms with van der Waals surface area (Å²) in [6, 6.07) is 18.6. The molecular weight excluding hydrogens is 351 g/mol. The number of nitrogens with one attached hydrogen (secondary N) is 1. The van der Waals surface area contributed by atoms with E-state index in [0.717, 1.165) is 33.9 Å². The van der Waals surface area contributed by atoms with Gasteiger partial charge in [-0.25, -0.2) is 9.37 Å². The van der Waals surface area contributed by atoms with Crippen LogP contribution in [0.2, 0.25) is 19.6 Å². The van der Waals surface area contributed by atoms with E-state index in [2.05, 4.69) is 41.4 Å². The summed E-state index contributed by atoms with van der Waals surface area (Å²) in [5.41, 5.74) is 7.95. The molecule has 0 bridgehead atoms. The zero-order chi connectivity index (χ0) is 19.4. The number of aromatic nitrogens is 1. The lowest BCUT2D eigenvalue weighted by Gasteiger charge is -2.10. The van der Waals surface area contributed by atoms with Crippen LogP contribution in [-0.2, 0) is 0 Å². The number of anilines is 2. The van der Waals surface area contributed by atoms with E-state index in [1.165, 1.54) is 12.1 Å². The summed E-state index contributed by atoms with van der Waals surface area (Å²) in [7, 11) is -1.37. The van der Waals surface area contributed by atoms with Gasteiger partial charge in [0.15, 0.2) is 0 Å². The molecule has 2 nitrogen and oxygen atoms in total. The SMILES string of the molecule is Cc1cc(F)ccc1-c1cccc(Nc2ccc(C#C[Si](C)(C)C)cc2)n1. The molecule has 136 valence electrons. The topological polar surface area (TPSA) is 24.9 Å². The van der Waals surface area contributed by atoms with Crippen molar-refractivity contribution in [2.45, 2.75) is 26.6 Å². The van der Waals surface area contributed by atoms with E-state index in [9.17, 15) is 4.39 Å². The van der Waals surface area contributed by atoms with E-state index in [-0.39, 0.29) is 5.82 Å². The standard InChI is InChI=1S/C23H23FN2Si/c1-17-16-19(24)10-13-21(17)22-6-5-7-23(26-22)25-20-11-8-18(9-12-20)14-15-27(2,3)4/h5-13,16H,1-4H3,(H,25,26). The zero-order valence-corrected chi connectivity index (χ0v) is 17.1. The Balaban J connectivity index is 1.79. The van der Waals surface area contributed by atoms with Gasteiger partial charge in [0.05, 0.1) is 5.69 Å². The smallest absolute Gasteiger partial charge is 0.131 e. The largest absolute Gasteiger partial charge is 0.340 e. The number of hydrogen-bond donors (Lipinski definition) is 1. The Labute approximate surface area is 161 Å². The molecule has 1 heterocycles. The number of aryl methyl sites for hydroxylation is 1. The molecule has 0 unspecified atom stereocenters. The summed E-state index contributed by atoms with van der Waals surface area (Å²) in [5.74, 6) is 3.77. The molecule has 1 N–H and O–H groups in total. The van der Waals surface area contributed by atoms with Gasteiger partial charge in [0, 0.05) is 16.8 Å². The third-order valence-electron chi connectivity index (χ3n) is 3.95. The van der Waals surface area contributed by atoms with Gasteiger partial charge in [-0.15, -0.1) is 5.54 Å². The second kappa shape index (κ2) is 7.77. The van der Waals surface area contributed by atoms with Crippen LogP contribution < -0.4 is 5.32 Å². The van der Waals surface area contributed by atoms with E-state index in [1.807, 2.05) is 49.4 Å². The van der Waals surface area contributed by atoms with Crippen LogP contribution in [-0.4, -0.2) is 13.1 Å². The summed E-state index contributed by atoms with van der Waals surface area (Å²) in [6.45, 7) is 8.59. The molecule has 3 rings (SSSR count). The lowest BCUT2D eigenvalue weighted by molar-refractivity contribution is 0.627. The van der Waals surface area contributed by atoms with Crippen molar-refractivity contribution in [3.63, 3.8) is 0 Å². The first-order valence-electron chi connectivity index (χ1n) is 8.94. The molecule has 4 heteroatoms. The second-order valence-electron chi connectivity index (χ2n) is 7.57. The Bertz CT molecular complexity index is 1010. The molecule has 0 aliphatic carbocycles. The molecule has 1 aromatic heterocycles. The highest BCUT2D eigenvalue weighted by Gasteiger charge is 2.08. The molecule has 0 atom stereocenters. The predicted molar refractivity (Wildman–Crippen MR) is 114 cm³/mol. The van der Waals surface area contributed by atoms with Crippen molar-refractivity contribution in [2.24, 2.45) is 0 Å². The number of pyridine rings is 1. The van der Waals surface area contributed by atoms with Crippen LogP contribution >= 0.6 is 0 Å². The maximum Gasteiger partial charge on any atom is 0.131 e. The predicted octanol–water partition coefficient (Wildman–Crippen LogP) is 6.17. The van der Waals surface area contributed by atoms with E-state index < -0.39 is 8.07 Å². The van der Waals surface area contributed by atoms with E-state index >= 15 is 0 Å². The third-order valence-corrected chi connectivity index (χ3v) is 4.83. The van der Waals surface area contributed by atoms with Gasteiger partial charge in [-0.3, -0.25) is 0 Å². The Morgan fingerprint density at radius 3 is 2.37 bits per heavy atom. The van der Waals surface area contributed by atoms with Gasteiger partial charge in [-0.2, -0.15) is 0 Å². The van der Waals surface area contributed by atoms with Gasteiger partial charge in [-0.1, -0.05) is 31.6 Å². The van der Waals surface area contributed by atoms with Crippen LogP contribution in [0.15, 0.2) is 60.7 Å². The van der Waals surface area contributed by atoms with Crippen molar-refractivity contribution in [1.29, 1.82) is 0 Å². The number of halogens is 1. The fourth-order valence-corrected chi connectivity index (χ4v) is 3.13. The Kier molecular flexibility index (Phi) is 5.43. The molecule has 0 aliphatic heterocycles. The first kappa shape index (κ1) is 18.9. The van der Waals surface area contributed by atoms with Crippen molar-refractivity contribution in [3.8, 4) is 22.7 Å². The third kappa shape index (κ3) is 5.29. The summed E-state index contributed by atoms with van der Waals surface area (Å²) in [6.07, 6.45) is 0. The molecular formula is C23H23FN2Si. The Morgan fingerprint density at radius 2 is 1.70 bits per heavy atom. The number of benzene rings is 2. The van der Waals surface area contributed by atoms with E-state index in [1.54, 1.807) is 6.07 Å². The number of nitrogens with zero attached hydrogens (tertiary/aromatic N) is 1. The lowest BCUT2D eigenvalue weighted by Crippen LogP contribution is -2.16. The van der Waals surface area contributed by atoms with Crippen molar-refractivity contribution < 1.29 is 4.39 Å². The first-order valence-corrected chi connectivity index (χ1v) is 12.4. The monoisotopic (exact) mass is 374 g/mol. The minimum absolute atomic E-state index is 0.233. The van der Waals surface area contributed by atoms with Gasteiger partial charge < -0.3 is 5.32 Å². The van der Waals surface area contributed by atoms with E-state index in [4.69, 9.17) is 0 Å². The van der Waals surface area contributed by atoms with Gasteiger partial charge in [-0.05, 0) is 67.1 Å². The maximum absolute atomic E-state index is 13.3. The molecule has 0 radical (unpaired) electrons. The molecule has 0 saturated heterocycles.